The third-order valence-electron chi connectivity index (χ3n) is 4.91. The highest BCUT2D eigenvalue weighted by atomic mass is 16.2. The Morgan fingerprint density at radius 1 is 1.11 bits per heavy atom. The van der Waals surface area contributed by atoms with Gasteiger partial charge in [0.25, 0.3) is 0 Å². The summed E-state index contributed by atoms with van der Waals surface area (Å²) in [5.41, 5.74) is 1.19. The maximum absolute atomic E-state index is 12.5. The van der Waals surface area contributed by atoms with E-state index in [-0.39, 0.29) is 25.5 Å². The molecule has 154 valence electrons. The first kappa shape index (κ1) is 21.6. The molecule has 9 nitrogen and oxygen atoms in total. The van der Waals surface area contributed by atoms with E-state index in [0.29, 0.717) is 17.9 Å². The van der Waals surface area contributed by atoms with Crippen LogP contribution in [0.2, 0.25) is 0 Å². The second kappa shape index (κ2) is 10.0. The Kier molecular flexibility index (Phi) is 7.71. The zero-order chi connectivity index (χ0) is 20.7. The standard InChI is InChI=1S/C19H28N4O5/c1-3-20-15(24)12-21(4-2)16(25)13-23-18(27)17(26)22(19(23)28)11-10-14-8-6-5-7-9-14/h8H,3-7,9-13H2,1-2H3,(H,20,24). The molecule has 0 aromatic carbocycles. The molecule has 0 spiro atoms. The summed E-state index contributed by atoms with van der Waals surface area (Å²) in [6.07, 6.45) is 6.84. The molecule has 0 aromatic rings. The van der Waals surface area contributed by atoms with Crippen molar-refractivity contribution in [1.82, 2.24) is 20.0 Å². The van der Waals surface area contributed by atoms with Crippen molar-refractivity contribution in [1.29, 1.82) is 0 Å². The molecule has 1 aliphatic carbocycles. The topological polar surface area (TPSA) is 107 Å². The van der Waals surface area contributed by atoms with E-state index in [0.717, 1.165) is 30.6 Å². The monoisotopic (exact) mass is 392 g/mol. The van der Waals surface area contributed by atoms with E-state index in [1.54, 1.807) is 13.8 Å². The minimum absolute atomic E-state index is 0.135. The number of hydrogen-bond donors (Lipinski definition) is 1. The predicted molar refractivity (Wildman–Crippen MR) is 101 cm³/mol. The quantitative estimate of drug-likeness (QED) is 0.352. The molecule has 1 saturated heterocycles. The minimum Gasteiger partial charge on any atom is -0.355 e. The second-order valence-electron chi connectivity index (χ2n) is 6.85. The average Bonchev–Trinajstić information content (AvgIpc) is 2.88. The van der Waals surface area contributed by atoms with Gasteiger partial charge in [-0.15, -0.1) is 0 Å². The van der Waals surface area contributed by atoms with E-state index in [4.69, 9.17) is 0 Å². The SMILES string of the molecule is CCNC(=O)CN(CC)C(=O)CN1C(=O)C(=O)N(CCC2=CCCCC2)C1=O. The van der Waals surface area contributed by atoms with Crippen LogP contribution in [0.5, 0.6) is 0 Å². The van der Waals surface area contributed by atoms with E-state index < -0.39 is 30.3 Å². The van der Waals surface area contributed by atoms with Gasteiger partial charge in [0.2, 0.25) is 11.8 Å². The Hall–Kier alpha value is -2.71. The fourth-order valence-electron chi connectivity index (χ4n) is 3.31. The van der Waals surface area contributed by atoms with Crippen LogP contribution in [0, 0.1) is 0 Å². The highest BCUT2D eigenvalue weighted by molar-refractivity contribution is 6.45. The number of hydrogen-bond acceptors (Lipinski definition) is 5. The predicted octanol–water partition coefficient (Wildman–Crippen LogP) is 0.652. The fourth-order valence-corrected chi connectivity index (χ4v) is 3.31. The summed E-state index contributed by atoms with van der Waals surface area (Å²) in [7, 11) is 0. The van der Waals surface area contributed by atoms with Crippen LogP contribution in [-0.4, -0.2) is 77.1 Å². The molecule has 1 fully saturated rings. The molecule has 1 aliphatic heterocycles. The van der Waals surface area contributed by atoms with Crippen LogP contribution in [0.25, 0.3) is 0 Å². The van der Waals surface area contributed by atoms with Crippen molar-refractivity contribution in [2.75, 3.05) is 32.7 Å². The lowest BCUT2D eigenvalue weighted by Crippen LogP contribution is -2.46. The first-order valence-electron chi connectivity index (χ1n) is 9.78. The van der Waals surface area contributed by atoms with E-state index in [9.17, 15) is 24.0 Å². The maximum Gasteiger partial charge on any atom is 0.334 e. The molecular formula is C19H28N4O5. The van der Waals surface area contributed by atoms with Gasteiger partial charge in [0.1, 0.15) is 6.54 Å². The Morgan fingerprint density at radius 3 is 2.43 bits per heavy atom. The highest BCUT2D eigenvalue weighted by Crippen LogP contribution is 2.22. The van der Waals surface area contributed by atoms with Gasteiger partial charge in [0.15, 0.2) is 0 Å². The van der Waals surface area contributed by atoms with Gasteiger partial charge < -0.3 is 10.2 Å². The van der Waals surface area contributed by atoms with Crippen LogP contribution in [0.1, 0.15) is 46.0 Å². The Balaban J connectivity index is 1.97. The fraction of sp³-hybridized carbons (Fsp3) is 0.632. The van der Waals surface area contributed by atoms with Gasteiger partial charge >= 0.3 is 17.8 Å². The molecule has 0 aromatic heterocycles. The lowest BCUT2D eigenvalue weighted by atomic mass is 9.97. The molecule has 0 radical (unpaired) electrons. The number of amides is 6. The van der Waals surface area contributed by atoms with Gasteiger partial charge in [0, 0.05) is 19.6 Å². The Morgan fingerprint density at radius 2 is 1.82 bits per heavy atom. The summed E-state index contributed by atoms with van der Waals surface area (Å²) >= 11 is 0. The number of nitrogens with one attached hydrogen (secondary N) is 1. The van der Waals surface area contributed by atoms with E-state index >= 15 is 0 Å². The van der Waals surface area contributed by atoms with Crippen LogP contribution < -0.4 is 5.32 Å². The number of allylic oxidation sites excluding steroid dienone is 1. The summed E-state index contributed by atoms with van der Waals surface area (Å²) in [5, 5.41) is 2.59. The Bertz CT molecular complexity index is 688. The number of nitrogens with zero attached hydrogens (tertiary/aromatic N) is 3. The van der Waals surface area contributed by atoms with E-state index in [2.05, 4.69) is 11.4 Å². The molecule has 0 bridgehead atoms. The summed E-state index contributed by atoms with van der Waals surface area (Å²) in [6.45, 7) is 3.57. The zero-order valence-electron chi connectivity index (χ0n) is 16.5. The number of carbonyl (C=O) groups is 5. The molecule has 0 atom stereocenters. The van der Waals surface area contributed by atoms with Crippen molar-refractivity contribution < 1.29 is 24.0 Å². The van der Waals surface area contributed by atoms with Crippen molar-refractivity contribution >= 4 is 29.7 Å². The van der Waals surface area contributed by atoms with E-state index in [1.165, 1.54) is 10.5 Å². The third kappa shape index (κ3) is 5.17. The van der Waals surface area contributed by atoms with Gasteiger partial charge in [-0.05, 0) is 46.0 Å². The van der Waals surface area contributed by atoms with Crippen molar-refractivity contribution in [3.05, 3.63) is 11.6 Å². The second-order valence-corrected chi connectivity index (χ2v) is 6.85. The normalized spacial score (nSPS) is 17.1. The van der Waals surface area contributed by atoms with Crippen LogP contribution in [0.4, 0.5) is 4.79 Å². The minimum atomic E-state index is -0.995. The van der Waals surface area contributed by atoms with Gasteiger partial charge in [0.05, 0.1) is 6.54 Å². The zero-order valence-corrected chi connectivity index (χ0v) is 16.5. The molecule has 1 heterocycles. The van der Waals surface area contributed by atoms with E-state index in [1.807, 2.05) is 0 Å². The first-order valence-corrected chi connectivity index (χ1v) is 9.78. The number of rotatable bonds is 9. The van der Waals surface area contributed by atoms with Crippen LogP contribution >= 0.6 is 0 Å². The smallest absolute Gasteiger partial charge is 0.334 e. The maximum atomic E-state index is 12.5. The number of imide groups is 2. The summed E-state index contributed by atoms with van der Waals surface area (Å²) in [5.74, 6) is -2.78. The number of urea groups is 1. The number of carbonyl (C=O) groups excluding carboxylic acids is 5. The molecule has 0 unspecified atom stereocenters. The molecule has 1 N–H and O–H groups in total. The third-order valence-corrected chi connectivity index (χ3v) is 4.91. The van der Waals surface area contributed by atoms with Gasteiger partial charge in [-0.25, -0.2) is 9.69 Å². The molecule has 6 amide bonds. The lowest BCUT2D eigenvalue weighted by Gasteiger charge is -2.22. The molecule has 28 heavy (non-hydrogen) atoms. The summed E-state index contributed by atoms with van der Waals surface area (Å²) < 4.78 is 0. The molecule has 2 rings (SSSR count). The molecular weight excluding hydrogens is 364 g/mol. The summed E-state index contributed by atoms with van der Waals surface area (Å²) in [4.78, 5) is 63.9. The van der Waals surface area contributed by atoms with Crippen molar-refractivity contribution in [2.24, 2.45) is 0 Å². The Labute approximate surface area is 164 Å². The van der Waals surface area contributed by atoms with Gasteiger partial charge in [-0.1, -0.05) is 11.6 Å². The summed E-state index contributed by atoms with van der Waals surface area (Å²) in [6, 6.07) is -0.770. The molecule has 0 saturated carbocycles. The lowest BCUT2D eigenvalue weighted by molar-refractivity contribution is -0.145. The van der Waals surface area contributed by atoms with Crippen LogP contribution in [0.15, 0.2) is 11.6 Å². The average molecular weight is 392 g/mol. The molecule has 2 aliphatic rings. The van der Waals surface area contributed by atoms with Gasteiger partial charge in [-0.2, -0.15) is 0 Å². The molecule has 9 heteroatoms. The van der Waals surface area contributed by atoms with Crippen LogP contribution in [0.3, 0.4) is 0 Å². The van der Waals surface area contributed by atoms with Crippen molar-refractivity contribution in [2.45, 2.75) is 46.0 Å². The number of likely N-dealkylation sites (N-methyl/N-ethyl adjacent to an activating group) is 2. The largest absolute Gasteiger partial charge is 0.355 e. The highest BCUT2D eigenvalue weighted by Gasteiger charge is 2.45. The van der Waals surface area contributed by atoms with Gasteiger partial charge in [-0.3, -0.25) is 24.1 Å². The first-order chi connectivity index (χ1) is 13.4. The van der Waals surface area contributed by atoms with Crippen molar-refractivity contribution in [3.8, 4) is 0 Å². The van der Waals surface area contributed by atoms with Crippen LogP contribution in [-0.2, 0) is 19.2 Å². The van der Waals surface area contributed by atoms with Crippen molar-refractivity contribution in [3.63, 3.8) is 0 Å².